The number of nitrogens with zero attached hydrogens (tertiary/aromatic N) is 1. The van der Waals surface area contributed by atoms with Gasteiger partial charge in [0.1, 0.15) is 5.78 Å². The number of rotatable bonds is 4. The summed E-state index contributed by atoms with van der Waals surface area (Å²) < 4.78 is 0. The van der Waals surface area contributed by atoms with Gasteiger partial charge >= 0.3 is 0 Å². The molecule has 0 heterocycles. The molecule has 0 amide bonds. The Morgan fingerprint density at radius 1 is 0.944 bits per heavy atom. The van der Waals surface area contributed by atoms with Crippen LogP contribution in [0.5, 0.6) is 0 Å². The number of carbonyl (C=O) groups is 2. The smallest absolute Gasteiger partial charge is 0.156 e. The maximum atomic E-state index is 13.3. The lowest BCUT2D eigenvalue weighted by Gasteiger charge is -2.65. The Bertz CT molecular complexity index is 1170. The molecule has 0 spiro atoms. The van der Waals surface area contributed by atoms with Crippen LogP contribution in [0.4, 0.5) is 5.69 Å². The zero-order valence-corrected chi connectivity index (χ0v) is 23.8. The molecule has 4 aliphatic rings. The van der Waals surface area contributed by atoms with Crippen LogP contribution in [0.1, 0.15) is 105 Å². The molecule has 0 saturated heterocycles. The van der Waals surface area contributed by atoms with Crippen LogP contribution in [-0.4, -0.2) is 24.7 Å². The number of ketones is 2. The van der Waals surface area contributed by atoms with Gasteiger partial charge in [-0.3, -0.25) is 9.59 Å². The number of hydrogen-bond acceptors (Lipinski definition) is 3. The van der Waals surface area contributed by atoms with Crippen LogP contribution in [0.3, 0.4) is 0 Å². The molecule has 5 rings (SSSR count). The monoisotopic (exact) mass is 487 g/mol. The molecule has 194 valence electrons. The molecule has 3 nitrogen and oxygen atoms in total. The number of hydrogen-bond donors (Lipinski definition) is 0. The lowest BCUT2D eigenvalue weighted by atomic mass is 9.38. The van der Waals surface area contributed by atoms with Crippen LogP contribution in [0.2, 0.25) is 0 Å². The van der Waals surface area contributed by atoms with E-state index in [1.807, 2.05) is 13.0 Å². The van der Waals surface area contributed by atoms with Gasteiger partial charge in [-0.1, -0.05) is 45.4 Å². The van der Waals surface area contributed by atoms with Gasteiger partial charge in [-0.15, -0.1) is 0 Å². The third kappa shape index (κ3) is 3.16. The fourth-order valence-corrected chi connectivity index (χ4v) is 8.91. The third-order valence-electron chi connectivity index (χ3n) is 12.2. The average molecular weight is 488 g/mol. The van der Waals surface area contributed by atoms with Crippen molar-refractivity contribution in [3.8, 4) is 0 Å². The number of Topliss-reactive ketones (excluding diaryl/α,β-unsaturated/α-hetero) is 1. The predicted molar refractivity (Wildman–Crippen MR) is 148 cm³/mol. The van der Waals surface area contributed by atoms with E-state index >= 15 is 0 Å². The van der Waals surface area contributed by atoms with Crippen molar-refractivity contribution < 1.29 is 9.59 Å². The third-order valence-corrected chi connectivity index (χ3v) is 12.2. The minimum Gasteiger partial charge on any atom is -0.372 e. The Morgan fingerprint density at radius 3 is 2.22 bits per heavy atom. The van der Waals surface area contributed by atoms with Crippen molar-refractivity contribution in [3.63, 3.8) is 0 Å². The molecule has 0 aromatic heterocycles. The van der Waals surface area contributed by atoms with Gasteiger partial charge in [-0.25, -0.2) is 0 Å². The fraction of sp³-hybridized carbons (Fsp3) is 0.636. The van der Waals surface area contributed by atoms with Crippen LogP contribution in [0, 0.1) is 21.7 Å². The van der Waals surface area contributed by atoms with Gasteiger partial charge in [0, 0.05) is 36.5 Å². The summed E-state index contributed by atoms with van der Waals surface area (Å²) in [5.41, 5.74) is 6.61. The summed E-state index contributed by atoms with van der Waals surface area (Å²) in [6, 6.07) is 9.67. The van der Waals surface area contributed by atoms with Crippen LogP contribution < -0.4 is 4.90 Å². The lowest BCUT2D eigenvalue weighted by Crippen LogP contribution is -2.59. The molecule has 1 aromatic rings. The Balaban J connectivity index is 1.73. The first kappa shape index (κ1) is 25.5. The Kier molecular flexibility index (Phi) is 5.78. The van der Waals surface area contributed by atoms with Crippen LogP contribution in [0.15, 0.2) is 47.1 Å². The quantitative estimate of drug-likeness (QED) is 0.435. The van der Waals surface area contributed by atoms with E-state index < -0.39 is 0 Å². The summed E-state index contributed by atoms with van der Waals surface area (Å²) in [4.78, 5) is 28.0. The highest BCUT2D eigenvalue weighted by Gasteiger charge is 2.72. The second-order valence-electron chi connectivity index (χ2n) is 13.5. The zero-order valence-electron chi connectivity index (χ0n) is 23.8. The van der Waals surface area contributed by atoms with E-state index in [4.69, 9.17) is 0 Å². The molecular formula is C33H45NO2. The van der Waals surface area contributed by atoms with E-state index in [0.29, 0.717) is 18.2 Å². The van der Waals surface area contributed by atoms with Gasteiger partial charge in [0.25, 0.3) is 0 Å². The molecule has 0 bridgehead atoms. The predicted octanol–water partition coefficient (Wildman–Crippen LogP) is 7.81. The van der Waals surface area contributed by atoms with Crippen molar-refractivity contribution in [2.75, 3.05) is 11.9 Å². The van der Waals surface area contributed by atoms with Crippen molar-refractivity contribution in [3.05, 3.63) is 52.6 Å². The van der Waals surface area contributed by atoms with Crippen LogP contribution in [0.25, 0.3) is 0 Å². The van der Waals surface area contributed by atoms with Crippen molar-refractivity contribution in [1.29, 1.82) is 0 Å². The molecule has 2 fully saturated rings. The molecule has 3 heteroatoms. The first-order valence-corrected chi connectivity index (χ1v) is 14.1. The second kappa shape index (κ2) is 8.17. The first-order valence-electron chi connectivity index (χ1n) is 14.1. The maximum absolute atomic E-state index is 13.3. The van der Waals surface area contributed by atoms with Crippen molar-refractivity contribution in [1.82, 2.24) is 0 Å². The number of fused-ring (bicyclic) bond motifs is 4. The highest BCUT2D eigenvalue weighted by molar-refractivity contribution is 5.93. The molecule has 0 radical (unpaired) electrons. The highest BCUT2D eigenvalue weighted by atomic mass is 16.1. The summed E-state index contributed by atoms with van der Waals surface area (Å²) in [6.45, 7) is 16.0. The average Bonchev–Trinajstić information content (AvgIpc) is 3.06. The molecule has 0 aliphatic heterocycles. The summed E-state index contributed by atoms with van der Waals surface area (Å²) in [6.07, 6.45) is 8.56. The molecule has 1 aromatic carbocycles. The van der Waals surface area contributed by atoms with Gasteiger partial charge in [0.2, 0.25) is 0 Å². The summed E-state index contributed by atoms with van der Waals surface area (Å²) in [7, 11) is 2.16. The lowest BCUT2D eigenvalue weighted by molar-refractivity contribution is -0.145. The molecule has 0 N–H and O–H groups in total. The van der Waals surface area contributed by atoms with Crippen molar-refractivity contribution >= 4 is 17.3 Å². The summed E-state index contributed by atoms with van der Waals surface area (Å²) in [5.74, 6) is 0.906. The molecule has 36 heavy (non-hydrogen) atoms. The standard InChI is InChI=1S/C33H45NO2/c1-21(2)34(8)25-11-9-23(10-12-25)28-20-33(7)30(4,22(3)35)17-18-32(33,6)31(5)16-15-24-19-26(36)13-14-27(24)29(28)31/h9-12,19,21,28H,13-18,20H2,1-8H3/t28-,30-,31-,32+,33-/m1/s1. The van der Waals surface area contributed by atoms with Crippen LogP contribution >= 0.6 is 0 Å². The topological polar surface area (TPSA) is 37.4 Å². The number of benzene rings is 1. The van der Waals surface area contributed by atoms with E-state index in [9.17, 15) is 9.59 Å². The van der Waals surface area contributed by atoms with Crippen molar-refractivity contribution in [2.45, 2.75) is 105 Å². The van der Waals surface area contributed by atoms with Gasteiger partial charge in [-0.05, 0) is 110 Å². The number of anilines is 1. The van der Waals surface area contributed by atoms with E-state index in [2.05, 4.69) is 77.8 Å². The van der Waals surface area contributed by atoms with E-state index in [1.54, 1.807) is 5.57 Å². The van der Waals surface area contributed by atoms with E-state index in [1.165, 1.54) is 22.4 Å². The normalized spacial score (nSPS) is 37.9. The Hall–Kier alpha value is -2.16. The molecular weight excluding hydrogens is 442 g/mol. The summed E-state index contributed by atoms with van der Waals surface area (Å²) in [5, 5.41) is 0. The fourth-order valence-electron chi connectivity index (χ4n) is 8.91. The Morgan fingerprint density at radius 2 is 1.61 bits per heavy atom. The van der Waals surface area contributed by atoms with E-state index in [-0.39, 0.29) is 33.4 Å². The largest absolute Gasteiger partial charge is 0.372 e. The molecule has 0 unspecified atom stereocenters. The van der Waals surface area contributed by atoms with Crippen LogP contribution in [-0.2, 0) is 9.59 Å². The maximum Gasteiger partial charge on any atom is 0.156 e. The highest BCUT2D eigenvalue weighted by Crippen LogP contribution is 2.79. The van der Waals surface area contributed by atoms with Crippen molar-refractivity contribution in [2.24, 2.45) is 21.7 Å². The van der Waals surface area contributed by atoms with Gasteiger partial charge in [-0.2, -0.15) is 0 Å². The number of carbonyl (C=O) groups excluding carboxylic acids is 2. The Labute approximate surface area is 218 Å². The van der Waals surface area contributed by atoms with Gasteiger partial charge < -0.3 is 4.90 Å². The van der Waals surface area contributed by atoms with Gasteiger partial charge in [0.15, 0.2) is 5.78 Å². The summed E-state index contributed by atoms with van der Waals surface area (Å²) >= 11 is 0. The SMILES string of the molecule is CC(=O)[C@@]1(C)CC[C@]2(C)[C@]1(C)C[C@H](c1ccc(N(C)C(C)C)cc1)C1=C3CCC(=O)C=C3CC[C@]12C. The number of allylic oxidation sites excluding steroid dienone is 4. The van der Waals surface area contributed by atoms with E-state index in [0.717, 1.165) is 38.5 Å². The molecule has 2 saturated carbocycles. The minimum absolute atomic E-state index is 0.0122. The molecule has 5 atom stereocenters. The second-order valence-corrected chi connectivity index (χ2v) is 13.5. The first-order chi connectivity index (χ1) is 16.8. The minimum atomic E-state index is -0.310. The molecule has 4 aliphatic carbocycles. The zero-order chi connectivity index (χ0) is 26.3. The van der Waals surface area contributed by atoms with Gasteiger partial charge in [0.05, 0.1) is 0 Å².